The first-order valence-electron chi connectivity index (χ1n) is 5.72. The largest absolute Gasteiger partial charge is 0.419 e. The van der Waals surface area contributed by atoms with Crippen molar-refractivity contribution in [1.82, 2.24) is 14.9 Å². The second-order valence-corrected chi connectivity index (χ2v) is 4.57. The maximum Gasteiger partial charge on any atom is 0.419 e. The van der Waals surface area contributed by atoms with Gasteiger partial charge in [0, 0.05) is 38.1 Å². The molecule has 1 aliphatic heterocycles. The summed E-state index contributed by atoms with van der Waals surface area (Å²) >= 11 is 0. The molecule has 0 aliphatic carbocycles. The van der Waals surface area contributed by atoms with Gasteiger partial charge in [0.25, 0.3) is 0 Å². The van der Waals surface area contributed by atoms with E-state index >= 15 is 0 Å². The summed E-state index contributed by atoms with van der Waals surface area (Å²) in [6.07, 6.45) is -2.70. The van der Waals surface area contributed by atoms with Gasteiger partial charge >= 0.3 is 6.18 Å². The Bertz CT molecular complexity index is 404. The number of halogens is 3. The van der Waals surface area contributed by atoms with E-state index < -0.39 is 11.7 Å². The first kappa shape index (κ1) is 13.1. The van der Waals surface area contributed by atoms with Gasteiger partial charge in [-0.3, -0.25) is 0 Å². The monoisotopic (exact) mass is 260 g/mol. The van der Waals surface area contributed by atoms with Crippen molar-refractivity contribution in [3.8, 4) is 0 Å². The summed E-state index contributed by atoms with van der Waals surface area (Å²) < 4.78 is 37.2. The fourth-order valence-corrected chi connectivity index (χ4v) is 2.05. The number of likely N-dealkylation sites (N-methyl/N-ethyl adjacent to an activating group) is 1. The van der Waals surface area contributed by atoms with Gasteiger partial charge in [0.05, 0.1) is 5.56 Å². The average Bonchev–Trinajstić information content (AvgIpc) is 2.28. The average molecular weight is 260 g/mol. The van der Waals surface area contributed by atoms with Gasteiger partial charge in [0.2, 0.25) is 5.95 Å². The molecule has 1 unspecified atom stereocenters. The molecule has 1 atom stereocenters. The summed E-state index contributed by atoms with van der Waals surface area (Å²) in [5, 5.41) is 0. The fraction of sp³-hybridized carbons (Fsp3) is 0.636. The zero-order valence-electron chi connectivity index (χ0n) is 10.3. The Labute approximate surface area is 103 Å². The van der Waals surface area contributed by atoms with Crippen molar-refractivity contribution in [2.24, 2.45) is 0 Å². The molecule has 4 nitrogen and oxygen atoms in total. The molecule has 0 N–H and O–H groups in total. The van der Waals surface area contributed by atoms with Crippen LogP contribution in [0.5, 0.6) is 0 Å². The van der Waals surface area contributed by atoms with E-state index in [1.54, 1.807) is 0 Å². The van der Waals surface area contributed by atoms with Crippen LogP contribution in [0.2, 0.25) is 0 Å². The fourth-order valence-electron chi connectivity index (χ4n) is 2.05. The van der Waals surface area contributed by atoms with Crippen LogP contribution in [0, 0.1) is 0 Å². The maximum atomic E-state index is 12.4. The third-order valence-corrected chi connectivity index (χ3v) is 3.05. The summed E-state index contributed by atoms with van der Waals surface area (Å²) in [7, 11) is 2.02. The predicted molar refractivity (Wildman–Crippen MR) is 61.3 cm³/mol. The molecule has 2 rings (SSSR count). The summed E-state index contributed by atoms with van der Waals surface area (Å²) in [6.45, 7) is 4.44. The van der Waals surface area contributed by atoms with E-state index in [4.69, 9.17) is 0 Å². The second-order valence-electron chi connectivity index (χ2n) is 4.57. The Morgan fingerprint density at radius 2 is 1.83 bits per heavy atom. The van der Waals surface area contributed by atoms with Crippen molar-refractivity contribution >= 4 is 5.95 Å². The van der Waals surface area contributed by atoms with Crippen LogP contribution in [0.3, 0.4) is 0 Å². The smallest absolute Gasteiger partial charge is 0.336 e. The summed E-state index contributed by atoms with van der Waals surface area (Å²) in [5.74, 6) is 0.364. The van der Waals surface area contributed by atoms with Gasteiger partial charge in [0.15, 0.2) is 0 Å². The quantitative estimate of drug-likeness (QED) is 0.768. The standard InChI is InChI=1S/C11H15F3N4/c1-8-7-17(2)3-4-18(8)10-15-5-9(6-16-10)11(12,13)14/h5-6,8H,3-4,7H2,1-2H3. The molecule has 0 aromatic carbocycles. The van der Waals surface area contributed by atoms with Crippen LogP contribution in [0.25, 0.3) is 0 Å². The first-order chi connectivity index (χ1) is 8.38. The van der Waals surface area contributed by atoms with Crippen LogP contribution < -0.4 is 4.90 Å². The number of nitrogens with zero attached hydrogens (tertiary/aromatic N) is 4. The number of anilines is 1. The van der Waals surface area contributed by atoms with E-state index in [2.05, 4.69) is 14.9 Å². The number of hydrogen-bond donors (Lipinski definition) is 0. The SMILES string of the molecule is CC1CN(C)CCN1c1ncc(C(F)(F)F)cn1. The Balaban J connectivity index is 2.15. The minimum absolute atomic E-state index is 0.195. The molecule has 1 saturated heterocycles. The van der Waals surface area contributed by atoms with Gasteiger partial charge in [-0.25, -0.2) is 9.97 Å². The topological polar surface area (TPSA) is 32.3 Å². The van der Waals surface area contributed by atoms with Crippen molar-refractivity contribution < 1.29 is 13.2 Å². The molecule has 0 spiro atoms. The number of piperazine rings is 1. The van der Waals surface area contributed by atoms with Gasteiger partial charge in [-0.1, -0.05) is 0 Å². The lowest BCUT2D eigenvalue weighted by molar-refractivity contribution is -0.138. The minimum atomic E-state index is -4.38. The van der Waals surface area contributed by atoms with Crippen molar-refractivity contribution in [1.29, 1.82) is 0 Å². The van der Waals surface area contributed by atoms with Gasteiger partial charge in [-0.15, -0.1) is 0 Å². The van der Waals surface area contributed by atoms with Gasteiger partial charge < -0.3 is 9.80 Å². The van der Waals surface area contributed by atoms with Crippen LogP contribution >= 0.6 is 0 Å². The van der Waals surface area contributed by atoms with Crippen LogP contribution in [-0.2, 0) is 6.18 Å². The first-order valence-corrected chi connectivity index (χ1v) is 5.72. The zero-order chi connectivity index (χ0) is 13.3. The Morgan fingerprint density at radius 3 is 2.33 bits per heavy atom. The molecule has 0 saturated carbocycles. The number of rotatable bonds is 1. The highest BCUT2D eigenvalue weighted by atomic mass is 19.4. The lowest BCUT2D eigenvalue weighted by Gasteiger charge is -2.38. The Hall–Kier alpha value is -1.37. The lowest BCUT2D eigenvalue weighted by atomic mass is 10.2. The molecule has 2 heterocycles. The number of aromatic nitrogens is 2. The van der Waals surface area contributed by atoms with E-state index in [1.807, 2.05) is 18.9 Å². The number of alkyl halides is 3. The van der Waals surface area contributed by atoms with Gasteiger partial charge in [-0.05, 0) is 14.0 Å². The molecule has 100 valence electrons. The second kappa shape index (κ2) is 4.72. The zero-order valence-corrected chi connectivity index (χ0v) is 10.3. The highest BCUT2D eigenvalue weighted by Gasteiger charge is 2.32. The van der Waals surface area contributed by atoms with E-state index in [0.29, 0.717) is 5.95 Å². The molecule has 1 aliphatic rings. The maximum absolute atomic E-state index is 12.4. The molecule has 18 heavy (non-hydrogen) atoms. The Morgan fingerprint density at radius 1 is 1.22 bits per heavy atom. The molecule has 7 heteroatoms. The predicted octanol–water partition coefficient (Wildman–Crippen LogP) is 1.64. The molecule has 0 bridgehead atoms. The molecule has 0 radical (unpaired) electrons. The third-order valence-electron chi connectivity index (χ3n) is 3.05. The van der Waals surface area contributed by atoms with Crippen molar-refractivity contribution in [2.45, 2.75) is 19.1 Å². The molecule has 0 amide bonds. The van der Waals surface area contributed by atoms with E-state index in [0.717, 1.165) is 32.0 Å². The normalized spacial score (nSPS) is 22.3. The highest BCUT2D eigenvalue weighted by molar-refractivity contribution is 5.33. The third kappa shape index (κ3) is 2.72. The van der Waals surface area contributed by atoms with Crippen molar-refractivity contribution in [3.05, 3.63) is 18.0 Å². The Kier molecular flexibility index (Phi) is 3.43. The van der Waals surface area contributed by atoms with Crippen LogP contribution in [-0.4, -0.2) is 47.6 Å². The van der Waals surface area contributed by atoms with Crippen molar-refractivity contribution in [2.75, 3.05) is 31.6 Å². The molecular formula is C11H15F3N4. The summed E-state index contributed by atoms with van der Waals surface area (Å²) in [5.41, 5.74) is -0.812. The highest BCUT2D eigenvalue weighted by Crippen LogP contribution is 2.28. The van der Waals surface area contributed by atoms with Gasteiger partial charge in [0.1, 0.15) is 0 Å². The molecule has 1 aromatic heterocycles. The van der Waals surface area contributed by atoms with E-state index in [9.17, 15) is 13.2 Å². The van der Waals surface area contributed by atoms with Gasteiger partial charge in [-0.2, -0.15) is 13.2 Å². The molecular weight excluding hydrogens is 245 g/mol. The van der Waals surface area contributed by atoms with Crippen LogP contribution in [0.4, 0.5) is 19.1 Å². The summed E-state index contributed by atoms with van der Waals surface area (Å²) in [6, 6.07) is 0.195. The summed E-state index contributed by atoms with van der Waals surface area (Å²) in [4.78, 5) is 11.7. The van der Waals surface area contributed by atoms with E-state index in [1.165, 1.54) is 0 Å². The minimum Gasteiger partial charge on any atom is -0.336 e. The van der Waals surface area contributed by atoms with E-state index in [-0.39, 0.29) is 6.04 Å². The number of hydrogen-bond acceptors (Lipinski definition) is 4. The lowest BCUT2D eigenvalue weighted by Crippen LogP contribution is -2.51. The van der Waals surface area contributed by atoms with Crippen molar-refractivity contribution in [3.63, 3.8) is 0 Å². The van der Waals surface area contributed by atoms with Crippen LogP contribution in [0.1, 0.15) is 12.5 Å². The molecule has 1 fully saturated rings. The molecule has 1 aromatic rings. The van der Waals surface area contributed by atoms with Crippen LogP contribution in [0.15, 0.2) is 12.4 Å².